The number of carbonyl (C=O) groups excluding carboxylic acids is 1. The van der Waals surface area contributed by atoms with E-state index in [1.807, 2.05) is 0 Å². The lowest BCUT2D eigenvalue weighted by Crippen LogP contribution is -2.28. The molecule has 1 N–H and O–H groups in total. The highest BCUT2D eigenvalue weighted by atomic mass is 35.5. The Morgan fingerprint density at radius 1 is 1.04 bits per heavy atom. The van der Waals surface area contributed by atoms with Crippen LogP contribution in [0.5, 0.6) is 0 Å². The minimum Gasteiger partial charge on any atom is -0.348 e. The van der Waals surface area contributed by atoms with Crippen molar-refractivity contribution in [1.29, 1.82) is 0 Å². The number of hydrogen-bond acceptors (Lipinski definition) is 3. The van der Waals surface area contributed by atoms with E-state index in [0.717, 1.165) is 18.4 Å². The van der Waals surface area contributed by atoms with Crippen LogP contribution in [0.3, 0.4) is 0 Å². The molecule has 1 amide bonds. The van der Waals surface area contributed by atoms with Gasteiger partial charge in [-0.3, -0.25) is 4.79 Å². The molecule has 138 valence electrons. The summed E-state index contributed by atoms with van der Waals surface area (Å²) in [6.07, 6.45) is 1.80. The second-order valence-corrected chi connectivity index (χ2v) is 8.84. The van der Waals surface area contributed by atoms with Gasteiger partial charge >= 0.3 is 0 Å². The lowest BCUT2D eigenvalue weighted by atomic mass is 10.2. The molecule has 1 aliphatic rings. The number of amides is 1. The Morgan fingerprint density at radius 3 is 2.31 bits per heavy atom. The molecule has 3 rings (SSSR count). The fraction of sp³-hybridized carbons (Fsp3) is 0.278. The van der Waals surface area contributed by atoms with E-state index in [1.165, 1.54) is 10.4 Å². The third kappa shape index (κ3) is 4.20. The fourth-order valence-electron chi connectivity index (χ4n) is 2.81. The van der Waals surface area contributed by atoms with Crippen molar-refractivity contribution in [1.82, 2.24) is 9.62 Å². The molecule has 0 spiro atoms. The predicted molar refractivity (Wildman–Crippen MR) is 102 cm³/mol. The van der Waals surface area contributed by atoms with Crippen molar-refractivity contribution < 1.29 is 13.2 Å². The van der Waals surface area contributed by atoms with Crippen molar-refractivity contribution in [2.24, 2.45) is 0 Å². The van der Waals surface area contributed by atoms with Crippen LogP contribution in [-0.4, -0.2) is 31.7 Å². The number of nitrogens with zero attached hydrogens (tertiary/aromatic N) is 1. The summed E-state index contributed by atoms with van der Waals surface area (Å²) in [5.41, 5.74) is 1.13. The van der Waals surface area contributed by atoms with Crippen LogP contribution in [0, 0.1) is 0 Å². The van der Waals surface area contributed by atoms with Crippen LogP contribution in [0.4, 0.5) is 0 Å². The van der Waals surface area contributed by atoms with Gasteiger partial charge in [-0.1, -0.05) is 35.3 Å². The molecule has 1 saturated heterocycles. The third-order valence-electron chi connectivity index (χ3n) is 4.25. The van der Waals surface area contributed by atoms with Gasteiger partial charge in [-0.2, -0.15) is 4.31 Å². The van der Waals surface area contributed by atoms with Gasteiger partial charge < -0.3 is 5.32 Å². The number of halogens is 2. The van der Waals surface area contributed by atoms with Crippen molar-refractivity contribution in [2.75, 3.05) is 13.1 Å². The zero-order valence-electron chi connectivity index (χ0n) is 13.9. The minimum absolute atomic E-state index is 0.266. The van der Waals surface area contributed by atoms with Crippen molar-refractivity contribution >= 4 is 39.1 Å². The van der Waals surface area contributed by atoms with E-state index in [1.54, 1.807) is 36.4 Å². The molecule has 1 heterocycles. The molecule has 0 radical (unpaired) electrons. The molecule has 1 aliphatic heterocycles. The molecule has 2 aromatic carbocycles. The molecular weight excluding hydrogens is 395 g/mol. The first-order valence-electron chi connectivity index (χ1n) is 8.20. The monoisotopic (exact) mass is 412 g/mol. The van der Waals surface area contributed by atoms with Gasteiger partial charge in [0, 0.05) is 24.7 Å². The summed E-state index contributed by atoms with van der Waals surface area (Å²) in [4.78, 5) is 12.5. The topological polar surface area (TPSA) is 66.5 Å². The number of sulfonamides is 1. The molecule has 0 aliphatic carbocycles. The molecule has 8 heteroatoms. The standard InChI is InChI=1S/C18H18Cl2N2O3S/c19-14-5-8-16(17(20)11-14)18(23)21-12-13-3-6-15(7-4-13)26(24,25)22-9-1-2-10-22/h3-8,11H,1-2,9-10,12H2,(H,21,23). The molecule has 0 atom stereocenters. The van der Waals surface area contributed by atoms with Gasteiger partial charge in [-0.05, 0) is 48.7 Å². The highest BCUT2D eigenvalue weighted by Gasteiger charge is 2.26. The smallest absolute Gasteiger partial charge is 0.253 e. The van der Waals surface area contributed by atoms with E-state index in [0.29, 0.717) is 23.7 Å². The van der Waals surface area contributed by atoms with Crippen LogP contribution in [0.1, 0.15) is 28.8 Å². The molecule has 0 unspecified atom stereocenters. The van der Waals surface area contributed by atoms with Crippen LogP contribution in [0.15, 0.2) is 47.4 Å². The maximum absolute atomic E-state index is 12.5. The third-order valence-corrected chi connectivity index (χ3v) is 6.72. The molecule has 5 nitrogen and oxygen atoms in total. The van der Waals surface area contributed by atoms with Gasteiger partial charge in [0.05, 0.1) is 15.5 Å². The minimum atomic E-state index is -3.42. The largest absolute Gasteiger partial charge is 0.348 e. The van der Waals surface area contributed by atoms with E-state index in [4.69, 9.17) is 23.2 Å². The first-order valence-corrected chi connectivity index (χ1v) is 10.4. The summed E-state index contributed by atoms with van der Waals surface area (Å²) >= 11 is 11.8. The predicted octanol–water partition coefficient (Wildman–Crippen LogP) is 3.71. The van der Waals surface area contributed by atoms with Gasteiger partial charge in [0.25, 0.3) is 5.91 Å². The van der Waals surface area contributed by atoms with Gasteiger partial charge in [0.1, 0.15) is 0 Å². The van der Waals surface area contributed by atoms with Gasteiger partial charge in [0.15, 0.2) is 0 Å². The Kier molecular flexibility index (Phi) is 5.87. The Morgan fingerprint density at radius 2 is 1.69 bits per heavy atom. The zero-order valence-corrected chi connectivity index (χ0v) is 16.2. The second kappa shape index (κ2) is 7.96. The van der Waals surface area contributed by atoms with Gasteiger partial charge in [-0.15, -0.1) is 0 Å². The van der Waals surface area contributed by atoms with Gasteiger partial charge in [0.2, 0.25) is 10.0 Å². The lowest BCUT2D eigenvalue weighted by molar-refractivity contribution is 0.0951. The first kappa shape index (κ1) is 19.2. The summed E-state index contributed by atoms with van der Waals surface area (Å²) < 4.78 is 26.5. The molecule has 26 heavy (non-hydrogen) atoms. The number of hydrogen-bond donors (Lipinski definition) is 1. The quantitative estimate of drug-likeness (QED) is 0.813. The Balaban J connectivity index is 1.65. The van der Waals surface area contributed by atoms with Crippen LogP contribution in [-0.2, 0) is 16.6 Å². The van der Waals surface area contributed by atoms with Crippen molar-refractivity contribution in [3.05, 3.63) is 63.6 Å². The number of benzene rings is 2. The summed E-state index contributed by atoms with van der Waals surface area (Å²) in [6.45, 7) is 1.41. The maximum Gasteiger partial charge on any atom is 0.253 e. The molecular formula is C18H18Cl2N2O3S. The van der Waals surface area contributed by atoms with E-state index >= 15 is 0 Å². The Bertz CT molecular complexity index is 909. The average molecular weight is 413 g/mol. The SMILES string of the molecule is O=C(NCc1ccc(S(=O)(=O)N2CCCC2)cc1)c1ccc(Cl)cc1Cl. The summed E-state index contributed by atoms with van der Waals surface area (Å²) in [5.74, 6) is -0.319. The van der Waals surface area contributed by atoms with E-state index in [9.17, 15) is 13.2 Å². The lowest BCUT2D eigenvalue weighted by Gasteiger charge is -2.15. The Labute approximate surface area is 163 Å². The fourth-order valence-corrected chi connectivity index (χ4v) is 4.82. The van der Waals surface area contributed by atoms with E-state index in [-0.39, 0.29) is 22.4 Å². The molecule has 0 aromatic heterocycles. The van der Waals surface area contributed by atoms with E-state index < -0.39 is 10.0 Å². The van der Waals surface area contributed by atoms with Crippen LogP contribution in [0.25, 0.3) is 0 Å². The van der Waals surface area contributed by atoms with Crippen molar-refractivity contribution in [3.63, 3.8) is 0 Å². The molecule has 0 saturated carbocycles. The zero-order chi connectivity index (χ0) is 18.7. The van der Waals surface area contributed by atoms with Crippen LogP contribution >= 0.6 is 23.2 Å². The second-order valence-electron chi connectivity index (χ2n) is 6.06. The number of carbonyl (C=O) groups is 1. The summed E-state index contributed by atoms with van der Waals surface area (Å²) in [6, 6.07) is 11.2. The average Bonchev–Trinajstić information content (AvgIpc) is 3.15. The van der Waals surface area contributed by atoms with Crippen LogP contribution < -0.4 is 5.32 Å². The van der Waals surface area contributed by atoms with Crippen LogP contribution in [0.2, 0.25) is 10.0 Å². The molecule has 2 aromatic rings. The highest BCUT2D eigenvalue weighted by molar-refractivity contribution is 7.89. The van der Waals surface area contributed by atoms with Crippen molar-refractivity contribution in [3.8, 4) is 0 Å². The molecule has 1 fully saturated rings. The first-order chi connectivity index (χ1) is 12.4. The summed E-state index contributed by atoms with van der Waals surface area (Å²) in [7, 11) is -3.42. The molecule has 0 bridgehead atoms. The Hall–Kier alpha value is -1.60. The maximum atomic E-state index is 12.5. The highest BCUT2D eigenvalue weighted by Crippen LogP contribution is 2.22. The van der Waals surface area contributed by atoms with Crippen molar-refractivity contribution in [2.45, 2.75) is 24.3 Å². The summed E-state index contributed by atoms with van der Waals surface area (Å²) in [5, 5.41) is 3.50. The number of rotatable bonds is 5. The van der Waals surface area contributed by atoms with E-state index in [2.05, 4.69) is 5.32 Å². The van der Waals surface area contributed by atoms with Gasteiger partial charge in [-0.25, -0.2) is 8.42 Å². The number of nitrogens with one attached hydrogen (secondary N) is 1. The normalized spacial score (nSPS) is 15.2.